The van der Waals surface area contributed by atoms with Gasteiger partial charge in [0.2, 0.25) is 5.89 Å². The fourth-order valence-corrected chi connectivity index (χ4v) is 7.78. The zero-order valence-corrected chi connectivity index (χ0v) is 28.9. The Morgan fingerprint density at radius 1 is 0.352 bits per heavy atom. The second kappa shape index (κ2) is 12.1. The van der Waals surface area contributed by atoms with Crippen molar-refractivity contribution in [2.75, 3.05) is 4.90 Å². The zero-order valence-electron chi connectivity index (χ0n) is 28.9. The molecule has 0 aliphatic carbocycles. The van der Waals surface area contributed by atoms with Gasteiger partial charge in [0.15, 0.2) is 5.58 Å². The SMILES string of the molecule is c1ccc(-c2nc3c(ccc4oc5ccc(N(c6ccc(-c7ccccc7)c(-c7ccccc7)c6)c6ccc7c(c6)oc6ccccc67)cc5c43)o2)cc1. The molecule has 0 aliphatic rings. The molecule has 5 nitrogen and oxygen atoms in total. The van der Waals surface area contributed by atoms with Crippen LogP contribution in [0, 0.1) is 0 Å². The van der Waals surface area contributed by atoms with Crippen LogP contribution in [-0.2, 0) is 0 Å². The summed E-state index contributed by atoms with van der Waals surface area (Å²) in [6, 6.07) is 62.8. The van der Waals surface area contributed by atoms with Crippen LogP contribution in [0.25, 0.3) is 88.7 Å². The van der Waals surface area contributed by atoms with Crippen molar-refractivity contribution in [1.82, 2.24) is 4.98 Å². The lowest BCUT2D eigenvalue weighted by Crippen LogP contribution is -2.10. The quantitative estimate of drug-likeness (QED) is 0.173. The highest BCUT2D eigenvalue weighted by Crippen LogP contribution is 2.44. The Labute approximate surface area is 309 Å². The van der Waals surface area contributed by atoms with Crippen LogP contribution < -0.4 is 4.90 Å². The van der Waals surface area contributed by atoms with Crippen molar-refractivity contribution in [3.8, 4) is 33.7 Å². The maximum Gasteiger partial charge on any atom is 0.227 e. The van der Waals surface area contributed by atoms with Gasteiger partial charge in [0, 0.05) is 44.9 Å². The van der Waals surface area contributed by atoms with Gasteiger partial charge in [-0.3, -0.25) is 0 Å². The van der Waals surface area contributed by atoms with Crippen LogP contribution in [0.4, 0.5) is 17.1 Å². The first-order valence-electron chi connectivity index (χ1n) is 18.0. The zero-order chi connectivity index (χ0) is 35.6. The molecule has 3 heterocycles. The van der Waals surface area contributed by atoms with Gasteiger partial charge in [0.05, 0.1) is 5.39 Å². The van der Waals surface area contributed by atoms with Gasteiger partial charge in [-0.25, -0.2) is 4.98 Å². The van der Waals surface area contributed by atoms with Gasteiger partial charge in [-0.05, 0) is 95.1 Å². The third-order valence-corrected chi connectivity index (χ3v) is 10.3. The standard InChI is InChI=1S/C49H30N2O3/c1-4-12-31(13-5-1)37-23-20-34(28-40(37)32-14-6-2-7-15-32)51(36-21-24-39-38-18-10-11-19-42(38)53-46(39)30-36)35-22-25-43-41(29-35)47-44(52-43)26-27-45-48(47)50-49(54-45)33-16-8-3-9-17-33/h1-30H. The minimum absolute atomic E-state index is 0.580. The van der Waals surface area contributed by atoms with Crippen LogP contribution in [-0.4, -0.2) is 4.98 Å². The molecule has 0 spiro atoms. The predicted molar refractivity (Wildman–Crippen MR) is 220 cm³/mol. The summed E-state index contributed by atoms with van der Waals surface area (Å²) in [7, 11) is 0. The van der Waals surface area contributed by atoms with Crippen molar-refractivity contribution in [1.29, 1.82) is 0 Å². The molecule has 0 N–H and O–H groups in total. The Bertz CT molecular complexity index is 3160. The summed E-state index contributed by atoms with van der Waals surface area (Å²) in [6.07, 6.45) is 0. The average molecular weight is 695 g/mol. The molecule has 0 aliphatic heterocycles. The maximum absolute atomic E-state index is 6.44. The van der Waals surface area contributed by atoms with Gasteiger partial charge in [-0.15, -0.1) is 0 Å². The first kappa shape index (κ1) is 30.3. The molecule has 0 saturated carbocycles. The van der Waals surface area contributed by atoms with Crippen LogP contribution in [0.5, 0.6) is 0 Å². The Morgan fingerprint density at radius 2 is 0.907 bits per heavy atom. The van der Waals surface area contributed by atoms with Crippen molar-refractivity contribution in [2.24, 2.45) is 0 Å². The summed E-state index contributed by atoms with van der Waals surface area (Å²) in [6.45, 7) is 0. The van der Waals surface area contributed by atoms with Gasteiger partial charge >= 0.3 is 0 Å². The van der Waals surface area contributed by atoms with E-state index in [2.05, 4.69) is 132 Å². The van der Waals surface area contributed by atoms with Gasteiger partial charge < -0.3 is 18.2 Å². The molecule has 0 amide bonds. The molecule has 0 atom stereocenters. The van der Waals surface area contributed by atoms with E-state index in [-0.39, 0.29) is 0 Å². The van der Waals surface area contributed by atoms with Gasteiger partial charge in [-0.1, -0.05) is 103 Å². The lowest BCUT2D eigenvalue weighted by Gasteiger charge is -2.27. The minimum atomic E-state index is 0.580. The van der Waals surface area contributed by atoms with E-state index >= 15 is 0 Å². The van der Waals surface area contributed by atoms with Crippen LogP contribution in [0.1, 0.15) is 0 Å². The van der Waals surface area contributed by atoms with E-state index in [9.17, 15) is 0 Å². The van der Waals surface area contributed by atoms with Crippen molar-refractivity contribution >= 4 is 72.0 Å². The van der Waals surface area contributed by atoms with Crippen molar-refractivity contribution in [3.05, 3.63) is 182 Å². The van der Waals surface area contributed by atoms with Gasteiger partial charge in [0.1, 0.15) is 27.8 Å². The first-order chi connectivity index (χ1) is 26.7. The van der Waals surface area contributed by atoms with Crippen LogP contribution in [0.15, 0.2) is 195 Å². The molecule has 254 valence electrons. The van der Waals surface area contributed by atoms with Crippen LogP contribution >= 0.6 is 0 Å². The molecular weight excluding hydrogens is 665 g/mol. The highest BCUT2D eigenvalue weighted by Gasteiger charge is 2.21. The average Bonchev–Trinajstić information content (AvgIpc) is 3.95. The summed E-state index contributed by atoms with van der Waals surface area (Å²) in [5.74, 6) is 0.580. The minimum Gasteiger partial charge on any atom is -0.456 e. The summed E-state index contributed by atoms with van der Waals surface area (Å²) in [5, 5.41) is 4.06. The number of para-hydroxylation sites is 1. The van der Waals surface area contributed by atoms with Crippen LogP contribution in [0.3, 0.4) is 0 Å². The lowest BCUT2D eigenvalue weighted by molar-refractivity contribution is 0.619. The fourth-order valence-electron chi connectivity index (χ4n) is 7.78. The molecule has 5 heteroatoms. The van der Waals surface area contributed by atoms with E-state index in [0.717, 1.165) is 94.3 Å². The van der Waals surface area contributed by atoms with Crippen molar-refractivity contribution < 1.29 is 13.3 Å². The Morgan fingerprint density at radius 3 is 1.70 bits per heavy atom. The van der Waals surface area contributed by atoms with Gasteiger partial charge in [-0.2, -0.15) is 0 Å². The fraction of sp³-hybridized carbons (Fsp3) is 0. The van der Waals surface area contributed by atoms with Crippen molar-refractivity contribution in [2.45, 2.75) is 0 Å². The van der Waals surface area contributed by atoms with E-state index in [1.807, 2.05) is 54.6 Å². The number of hydrogen-bond donors (Lipinski definition) is 0. The highest BCUT2D eigenvalue weighted by atomic mass is 16.4. The van der Waals surface area contributed by atoms with Gasteiger partial charge in [0.25, 0.3) is 0 Å². The normalized spacial score (nSPS) is 11.7. The van der Waals surface area contributed by atoms with E-state index in [4.69, 9.17) is 18.2 Å². The first-order valence-corrected chi connectivity index (χ1v) is 18.0. The topological polar surface area (TPSA) is 55.6 Å². The molecule has 8 aromatic carbocycles. The smallest absolute Gasteiger partial charge is 0.227 e. The molecule has 0 bridgehead atoms. The molecule has 11 rings (SSSR count). The summed E-state index contributed by atoms with van der Waals surface area (Å²) in [5.41, 5.74) is 13.2. The molecule has 11 aromatic rings. The second-order valence-corrected chi connectivity index (χ2v) is 13.5. The molecular formula is C49H30N2O3. The van der Waals surface area contributed by atoms with E-state index in [1.54, 1.807) is 0 Å². The predicted octanol–water partition coefficient (Wildman–Crippen LogP) is 14.1. The molecule has 0 saturated heterocycles. The Kier molecular flexibility index (Phi) is 6.79. The Balaban J connectivity index is 1.15. The van der Waals surface area contributed by atoms with E-state index in [1.165, 1.54) is 0 Å². The lowest BCUT2D eigenvalue weighted by atomic mass is 9.93. The molecule has 54 heavy (non-hydrogen) atoms. The maximum atomic E-state index is 6.44. The number of rotatable bonds is 6. The molecule has 3 aromatic heterocycles. The number of nitrogens with zero attached hydrogens (tertiary/aromatic N) is 2. The number of hydrogen-bond acceptors (Lipinski definition) is 5. The number of fused-ring (bicyclic) bond motifs is 8. The van der Waals surface area contributed by atoms with Crippen LogP contribution in [0.2, 0.25) is 0 Å². The number of aromatic nitrogens is 1. The largest absolute Gasteiger partial charge is 0.456 e. The number of benzene rings is 8. The molecule has 0 fully saturated rings. The van der Waals surface area contributed by atoms with E-state index in [0.29, 0.717) is 11.5 Å². The third-order valence-electron chi connectivity index (χ3n) is 10.3. The number of furan rings is 2. The molecule has 0 unspecified atom stereocenters. The van der Waals surface area contributed by atoms with E-state index < -0.39 is 0 Å². The monoisotopic (exact) mass is 694 g/mol. The third kappa shape index (κ3) is 4.90. The Hall–Kier alpha value is -7.37. The molecule has 0 radical (unpaired) electrons. The number of anilines is 3. The summed E-state index contributed by atoms with van der Waals surface area (Å²) in [4.78, 5) is 7.31. The van der Waals surface area contributed by atoms with Crippen molar-refractivity contribution in [3.63, 3.8) is 0 Å². The highest BCUT2D eigenvalue weighted by molar-refractivity contribution is 6.17. The summed E-state index contributed by atoms with van der Waals surface area (Å²) < 4.78 is 19.2. The second-order valence-electron chi connectivity index (χ2n) is 13.5. The number of oxazole rings is 1. The summed E-state index contributed by atoms with van der Waals surface area (Å²) >= 11 is 0.